The van der Waals surface area contributed by atoms with Crippen molar-refractivity contribution in [2.75, 3.05) is 6.61 Å². The second-order valence-electron chi connectivity index (χ2n) is 5.19. The lowest BCUT2D eigenvalue weighted by Crippen LogP contribution is -2.57. The Hall–Kier alpha value is -1.06. The Morgan fingerprint density at radius 2 is 1.86 bits per heavy atom. The number of nitriles is 2. The Kier molecular flexibility index (Phi) is 2.56. The second kappa shape index (κ2) is 3.26. The molecule has 0 saturated carbocycles. The zero-order valence-corrected chi connectivity index (χ0v) is 9.16. The van der Waals surface area contributed by atoms with Crippen molar-refractivity contribution in [2.24, 2.45) is 16.7 Å². The Morgan fingerprint density at radius 3 is 2.07 bits per heavy atom. The van der Waals surface area contributed by atoms with E-state index >= 15 is 0 Å². The summed E-state index contributed by atoms with van der Waals surface area (Å²) in [5.74, 6) is -0.605. The number of hydrogen-bond donors (Lipinski definition) is 0. The van der Waals surface area contributed by atoms with Gasteiger partial charge in [-0.15, -0.1) is 0 Å². The molecule has 0 bridgehead atoms. The summed E-state index contributed by atoms with van der Waals surface area (Å²) in [7, 11) is 0. The minimum absolute atomic E-state index is 0.000648. The summed E-state index contributed by atoms with van der Waals surface area (Å²) >= 11 is 0. The van der Waals surface area contributed by atoms with Crippen molar-refractivity contribution in [1.29, 1.82) is 10.5 Å². The molecule has 0 aromatic carbocycles. The summed E-state index contributed by atoms with van der Waals surface area (Å²) in [5.41, 5.74) is -0.319. The number of hydrogen-bond acceptors (Lipinski definition) is 3. The van der Waals surface area contributed by atoms with Gasteiger partial charge in [0.05, 0.1) is 24.8 Å². The lowest BCUT2D eigenvalue weighted by atomic mass is 9.64. The third-order valence-corrected chi connectivity index (χ3v) is 3.01. The van der Waals surface area contributed by atoms with Gasteiger partial charge in [-0.25, -0.2) is 0 Å². The van der Waals surface area contributed by atoms with Gasteiger partial charge >= 0.3 is 0 Å². The Balaban J connectivity index is 2.87. The van der Waals surface area contributed by atoms with E-state index in [1.54, 1.807) is 0 Å². The fourth-order valence-electron chi connectivity index (χ4n) is 2.23. The van der Waals surface area contributed by atoms with Crippen LogP contribution in [0.5, 0.6) is 0 Å². The molecule has 3 heteroatoms. The molecule has 1 aliphatic heterocycles. The minimum Gasteiger partial charge on any atom is -0.376 e. The fraction of sp³-hybridized carbons (Fsp3) is 0.818. The molecule has 1 atom stereocenters. The highest BCUT2D eigenvalue weighted by Crippen LogP contribution is 2.47. The number of ether oxygens (including phenoxy) is 1. The maximum atomic E-state index is 8.87. The highest BCUT2D eigenvalue weighted by molar-refractivity contribution is 5.12. The highest BCUT2D eigenvalue weighted by Gasteiger charge is 2.52. The Bertz CT molecular complexity index is 292. The largest absolute Gasteiger partial charge is 0.376 e. The van der Waals surface area contributed by atoms with Crippen LogP contribution in [0.3, 0.4) is 0 Å². The van der Waals surface area contributed by atoms with Crippen molar-refractivity contribution < 1.29 is 4.74 Å². The van der Waals surface area contributed by atoms with Crippen LogP contribution >= 0.6 is 0 Å². The van der Waals surface area contributed by atoms with E-state index in [4.69, 9.17) is 15.3 Å². The van der Waals surface area contributed by atoms with Crippen LogP contribution < -0.4 is 0 Å². The molecule has 0 aromatic rings. The maximum absolute atomic E-state index is 8.87. The van der Waals surface area contributed by atoms with Gasteiger partial charge in [0.15, 0.2) is 0 Å². The van der Waals surface area contributed by atoms with Gasteiger partial charge in [0, 0.05) is 10.8 Å². The predicted molar refractivity (Wildman–Crippen MR) is 52.0 cm³/mol. The van der Waals surface area contributed by atoms with Crippen LogP contribution in [0.2, 0.25) is 0 Å². The van der Waals surface area contributed by atoms with E-state index < -0.39 is 11.3 Å². The predicted octanol–water partition coefficient (Wildman–Crippen LogP) is 2.10. The number of rotatable bonds is 2. The molecule has 1 heterocycles. The second-order valence-corrected chi connectivity index (χ2v) is 5.19. The first-order valence-electron chi connectivity index (χ1n) is 4.77. The summed E-state index contributed by atoms with van der Waals surface area (Å²) in [6, 6.07) is 4.08. The van der Waals surface area contributed by atoms with E-state index in [-0.39, 0.29) is 11.5 Å². The van der Waals surface area contributed by atoms with E-state index in [9.17, 15) is 0 Å². The summed E-state index contributed by atoms with van der Waals surface area (Å²) in [6.07, 6.45) is -0.000648. The van der Waals surface area contributed by atoms with Crippen molar-refractivity contribution in [2.45, 2.75) is 33.8 Å². The Morgan fingerprint density at radius 1 is 1.36 bits per heavy atom. The van der Waals surface area contributed by atoms with Crippen molar-refractivity contribution in [1.82, 2.24) is 0 Å². The highest BCUT2D eigenvalue weighted by atomic mass is 16.5. The monoisotopic (exact) mass is 192 g/mol. The van der Waals surface area contributed by atoms with Crippen LogP contribution in [-0.4, -0.2) is 12.7 Å². The smallest absolute Gasteiger partial charge is 0.140 e. The van der Waals surface area contributed by atoms with Crippen molar-refractivity contribution in [3.63, 3.8) is 0 Å². The number of nitrogens with zero attached hydrogens (tertiary/aromatic N) is 2. The molecule has 1 unspecified atom stereocenters. The lowest BCUT2D eigenvalue weighted by molar-refractivity contribution is -0.220. The molecule has 1 rings (SSSR count). The summed E-state index contributed by atoms with van der Waals surface area (Å²) in [5, 5.41) is 17.7. The molecule has 0 amide bonds. The first kappa shape index (κ1) is 11.0. The standard InChI is InChI=1S/C11H16N2O/c1-10(2)7-14-9(10)11(3,4)8(5-12)6-13/h8-9H,7H2,1-4H3. The average Bonchev–Trinajstić information content (AvgIpc) is 2.03. The molecule has 1 saturated heterocycles. The van der Waals surface area contributed by atoms with Gasteiger partial charge in [-0.2, -0.15) is 10.5 Å². The molecule has 14 heavy (non-hydrogen) atoms. The molecular formula is C11H16N2O. The molecule has 76 valence electrons. The maximum Gasteiger partial charge on any atom is 0.140 e. The van der Waals surface area contributed by atoms with Gasteiger partial charge in [0.2, 0.25) is 0 Å². The van der Waals surface area contributed by atoms with Gasteiger partial charge < -0.3 is 4.74 Å². The SMILES string of the molecule is CC1(C)COC1C(C)(C)C(C#N)C#N. The van der Waals surface area contributed by atoms with E-state index in [0.717, 1.165) is 0 Å². The van der Waals surface area contributed by atoms with Crippen LogP contribution in [0.25, 0.3) is 0 Å². The zero-order chi connectivity index (χ0) is 11.0. The third kappa shape index (κ3) is 1.49. The molecule has 1 aliphatic rings. The molecule has 3 nitrogen and oxygen atoms in total. The first-order valence-corrected chi connectivity index (χ1v) is 4.77. The van der Waals surface area contributed by atoms with E-state index in [1.165, 1.54) is 0 Å². The van der Waals surface area contributed by atoms with Crippen molar-refractivity contribution in [3.05, 3.63) is 0 Å². The van der Waals surface area contributed by atoms with Crippen LogP contribution in [0, 0.1) is 39.4 Å². The average molecular weight is 192 g/mol. The van der Waals surface area contributed by atoms with Crippen LogP contribution in [-0.2, 0) is 4.74 Å². The van der Waals surface area contributed by atoms with Gasteiger partial charge in [-0.1, -0.05) is 27.7 Å². The van der Waals surface area contributed by atoms with Crippen LogP contribution in [0.15, 0.2) is 0 Å². The summed E-state index contributed by atoms with van der Waals surface area (Å²) in [4.78, 5) is 0. The van der Waals surface area contributed by atoms with Gasteiger partial charge in [-0.3, -0.25) is 0 Å². The molecule has 0 aliphatic carbocycles. The van der Waals surface area contributed by atoms with E-state index in [1.807, 2.05) is 26.0 Å². The minimum atomic E-state index is -0.605. The molecule has 1 fully saturated rings. The molecule has 0 radical (unpaired) electrons. The van der Waals surface area contributed by atoms with E-state index in [0.29, 0.717) is 6.61 Å². The summed E-state index contributed by atoms with van der Waals surface area (Å²) in [6.45, 7) is 8.78. The molecule has 0 spiro atoms. The van der Waals surface area contributed by atoms with Crippen LogP contribution in [0.1, 0.15) is 27.7 Å². The van der Waals surface area contributed by atoms with Crippen molar-refractivity contribution >= 4 is 0 Å². The lowest BCUT2D eigenvalue weighted by Gasteiger charge is -2.52. The quantitative estimate of drug-likeness (QED) is 0.673. The van der Waals surface area contributed by atoms with Gasteiger partial charge in [0.25, 0.3) is 0 Å². The normalized spacial score (nSPS) is 24.9. The van der Waals surface area contributed by atoms with Crippen molar-refractivity contribution in [3.8, 4) is 12.1 Å². The molecular weight excluding hydrogens is 176 g/mol. The van der Waals surface area contributed by atoms with Gasteiger partial charge in [-0.05, 0) is 0 Å². The fourth-order valence-corrected chi connectivity index (χ4v) is 2.23. The Labute approximate surface area is 85.3 Å². The van der Waals surface area contributed by atoms with E-state index in [2.05, 4.69) is 13.8 Å². The topological polar surface area (TPSA) is 56.8 Å². The summed E-state index contributed by atoms with van der Waals surface area (Å²) < 4.78 is 5.49. The molecule has 0 N–H and O–H groups in total. The zero-order valence-electron chi connectivity index (χ0n) is 9.16. The first-order chi connectivity index (χ1) is 6.36. The third-order valence-electron chi connectivity index (χ3n) is 3.01. The van der Waals surface area contributed by atoms with Gasteiger partial charge in [0.1, 0.15) is 5.92 Å². The van der Waals surface area contributed by atoms with Crippen LogP contribution in [0.4, 0.5) is 0 Å². The molecule has 0 aromatic heterocycles.